The number of nitrogen functional groups attached to an aromatic ring is 1. The summed E-state index contributed by atoms with van der Waals surface area (Å²) in [5.74, 6) is 1.64. The van der Waals surface area contributed by atoms with Crippen LogP contribution in [-0.4, -0.2) is 14.8 Å². The van der Waals surface area contributed by atoms with Crippen molar-refractivity contribution in [1.82, 2.24) is 20.3 Å². The Morgan fingerprint density at radius 1 is 0.933 bits per heavy atom. The third-order valence-electron chi connectivity index (χ3n) is 4.85. The molecule has 0 aliphatic carbocycles. The van der Waals surface area contributed by atoms with Crippen LogP contribution in [-0.2, 0) is 13.2 Å². The van der Waals surface area contributed by atoms with Crippen LogP contribution in [0.25, 0.3) is 11.1 Å². The molecule has 1 aliphatic rings. The molecule has 0 radical (unpaired) electrons. The van der Waals surface area contributed by atoms with Crippen molar-refractivity contribution in [1.29, 1.82) is 0 Å². The predicted molar refractivity (Wildman–Crippen MR) is 117 cm³/mol. The largest absolute Gasteiger partial charge is 0.486 e. The van der Waals surface area contributed by atoms with Gasteiger partial charge in [-0.1, -0.05) is 48.5 Å². The van der Waals surface area contributed by atoms with Crippen molar-refractivity contribution in [2.45, 2.75) is 13.2 Å². The SMILES string of the molecule is Nc1cc(OCc2cccc(-c3cnn(Cc4ccccc4)c3)c2)c2c(n1)NNN2. The molecule has 2 aromatic carbocycles. The number of hydrogen-bond acceptors (Lipinski definition) is 7. The van der Waals surface area contributed by atoms with Gasteiger partial charge in [0.1, 0.15) is 18.1 Å². The molecule has 5 N–H and O–H groups in total. The van der Waals surface area contributed by atoms with Crippen molar-refractivity contribution >= 4 is 17.3 Å². The molecule has 0 unspecified atom stereocenters. The minimum Gasteiger partial charge on any atom is -0.486 e. The zero-order valence-electron chi connectivity index (χ0n) is 16.2. The van der Waals surface area contributed by atoms with Gasteiger partial charge in [-0.2, -0.15) is 5.10 Å². The first kappa shape index (κ1) is 18.0. The van der Waals surface area contributed by atoms with Crippen LogP contribution in [0.15, 0.2) is 73.1 Å². The number of nitrogens with zero attached hydrogens (tertiary/aromatic N) is 3. The van der Waals surface area contributed by atoms with E-state index in [1.807, 2.05) is 41.2 Å². The van der Waals surface area contributed by atoms with E-state index in [9.17, 15) is 0 Å². The van der Waals surface area contributed by atoms with Crippen molar-refractivity contribution in [2.75, 3.05) is 16.6 Å². The van der Waals surface area contributed by atoms with Gasteiger partial charge in [0.25, 0.3) is 0 Å². The van der Waals surface area contributed by atoms with E-state index in [-0.39, 0.29) is 0 Å². The average molecular weight is 399 g/mol. The summed E-state index contributed by atoms with van der Waals surface area (Å²) in [5.41, 5.74) is 19.7. The molecule has 8 nitrogen and oxygen atoms in total. The molecule has 0 saturated carbocycles. The number of hydrogen-bond donors (Lipinski definition) is 4. The molecule has 2 aromatic heterocycles. The van der Waals surface area contributed by atoms with E-state index in [1.165, 1.54) is 5.56 Å². The van der Waals surface area contributed by atoms with Gasteiger partial charge in [-0.05, 0) is 22.8 Å². The quantitative estimate of drug-likeness (QED) is 0.394. The normalized spacial score (nSPS) is 12.1. The third kappa shape index (κ3) is 3.76. The standard InChI is InChI=1S/C22H21N7O/c23-20-10-19(21-22(25-20)27-28-26-21)30-14-16-7-4-8-17(9-16)18-11-24-29(13-18)12-15-5-2-1-3-6-15/h1-11,13,26,28H,12,14H2,(H3,23,25,27). The van der Waals surface area contributed by atoms with Crippen molar-refractivity contribution in [2.24, 2.45) is 0 Å². The van der Waals surface area contributed by atoms with Crippen LogP contribution in [0, 0.1) is 0 Å². The lowest BCUT2D eigenvalue weighted by Crippen LogP contribution is -2.19. The van der Waals surface area contributed by atoms with Crippen LogP contribution in [0.1, 0.15) is 11.1 Å². The maximum absolute atomic E-state index is 6.01. The van der Waals surface area contributed by atoms with Gasteiger partial charge < -0.3 is 10.5 Å². The molecule has 150 valence electrons. The van der Waals surface area contributed by atoms with Crippen molar-refractivity contribution in [3.05, 3.63) is 84.2 Å². The molecule has 0 atom stereocenters. The topological polar surface area (TPSA) is 102 Å². The second-order valence-corrected chi connectivity index (χ2v) is 7.05. The third-order valence-corrected chi connectivity index (χ3v) is 4.85. The molecule has 3 heterocycles. The summed E-state index contributed by atoms with van der Waals surface area (Å²) in [6, 6.07) is 20.2. The highest BCUT2D eigenvalue weighted by atomic mass is 16.5. The van der Waals surface area contributed by atoms with Gasteiger partial charge in [-0.3, -0.25) is 15.5 Å². The van der Waals surface area contributed by atoms with Gasteiger partial charge in [0.2, 0.25) is 0 Å². The molecule has 0 spiro atoms. The molecule has 8 heteroatoms. The maximum atomic E-state index is 6.01. The Balaban J connectivity index is 1.31. The summed E-state index contributed by atoms with van der Waals surface area (Å²) in [4.78, 5) is 4.21. The summed E-state index contributed by atoms with van der Waals surface area (Å²) < 4.78 is 7.95. The van der Waals surface area contributed by atoms with Gasteiger partial charge in [0.15, 0.2) is 11.6 Å². The van der Waals surface area contributed by atoms with Crippen molar-refractivity contribution < 1.29 is 4.74 Å². The first-order chi connectivity index (χ1) is 14.7. The molecule has 30 heavy (non-hydrogen) atoms. The Morgan fingerprint density at radius 2 is 1.80 bits per heavy atom. The Morgan fingerprint density at radius 3 is 2.70 bits per heavy atom. The highest BCUT2D eigenvalue weighted by Gasteiger charge is 2.17. The Labute approximate surface area is 173 Å². The lowest BCUT2D eigenvalue weighted by molar-refractivity contribution is 0.308. The molecule has 0 saturated heterocycles. The van der Waals surface area contributed by atoms with E-state index in [0.29, 0.717) is 24.0 Å². The monoisotopic (exact) mass is 399 g/mol. The van der Waals surface area contributed by atoms with Crippen LogP contribution >= 0.6 is 0 Å². The fourth-order valence-electron chi connectivity index (χ4n) is 3.39. The van der Waals surface area contributed by atoms with Gasteiger partial charge in [0, 0.05) is 17.8 Å². The summed E-state index contributed by atoms with van der Waals surface area (Å²) in [5, 5.41) is 4.50. The first-order valence-corrected chi connectivity index (χ1v) is 9.61. The van der Waals surface area contributed by atoms with E-state index in [1.54, 1.807) is 6.07 Å². The summed E-state index contributed by atoms with van der Waals surface area (Å²) in [6.45, 7) is 1.15. The highest BCUT2D eigenvalue weighted by molar-refractivity contribution is 5.76. The number of nitrogens with one attached hydrogen (secondary N) is 3. The molecule has 0 fully saturated rings. The second-order valence-electron chi connectivity index (χ2n) is 7.05. The fourth-order valence-corrected chi connectivity index (χ4v) is 3.39. The van der Waals surface area contributed by atoms with Crippen molar-refractivity contribution in [3.8, 4) is 16.9 Å². The molecule has 0 amide bonds. The van der Waals surface area contributed by atoms with E-state index in [4.69, 9.17) is 10.5 Å². The number of aromatic nitrogens is 3. The van der Waals surface area contributed by atoms with Gasteiger partial charge >= 0.3 is 0 Å². The number of pyridine rings is 1. The lowest BCUT2D eigenvalue weighted by Gasteiger charge is -2.11. The maximum Gasteiger partial charge on any atom is 0.172 e. The average Bonchev–Trinajstić information content (AvgIpc) is 3.42. The van der Waals surface area contributed by atoms with Gasteiger partial charge in [0.05, 0.1) is 12.7 Å². The summed E-state index contributed by atoms with van der Waals surface area (Å²) in [6.07, 6.45) is 3.95. The van der Waals surface area contributed by atoms with Crippen LogP contribution < -0.4 is 26.9 Å². The van der Waals surface area contributed by atoms with Crippen LogP contribution in [0.5, 0.6) is 5.75 Å². The van der Waals surface area contributed by atoms with Gasteiger partial charge in [-0.25, -0.2) is 4.98 Å². The first-order valence-electron chi connectivity index (χ1n) is 9.61. The predicted octanol–water partition coefficient (Wildman–Crippen LogP) is 3.41. The minimum absolute atomic E-state index is 0.390. The summed E-state index contributed by atoms with van der Waals surface area (Å²) in [7, 11) is 0. The van der Waals surface area contributed by atoms with Crippen molar-refractivity contribution in [3.63, 3.8) is 0 Å². The van der Waals surface area contributed by atoms with E-state index in [2.05, 4.69) is 56.9 Å². The minimum atomic E-state index is 0.390. The van der Waals surface area contributed by atoms with Gasteiger partial charge in [-0.15, -0.1) is 5.53 Å². The second kappa shape index (κ2) is 7.76. The lowest BCUT2D eigenvalue weighted by atomic mass is 10.1. The van der Waals surface area contributed by atoms with Crippen LogP contribution in [0.4, 0.5) is 17.3 Å². The number of nitrogens with two attached hydrogens (primary N) is 1. The highest BCUT2D eigenvalue weighted by Crippen LogP contribution is 2.35. The number of rotatable bonds is 6. The van der Waals surface area contributed by atoms with Crippen LogP contribution in [0.3, 0.4) is 0 Å². The fraction of sp³-hybridized carbons (Fsp3) is 0.0909. The Bertz CT molecular complexity index is 1170. The van der Waals surface area contributed by atoms with Crippen LogP contribution in [0.2, 0.25) is 0 Å². The van der Waals surface area contributed by atoms with E-state index >= 15 is 0 Å². The molecule has 1 aliphatic heterocycles. The number of anilines is 3. The molecular weight excluding hydrogens is 378 g/mol. The van der Waals surface area contributed by atoms with E-state index < -0.39 is 0 Å². The number of benzene rings is 2. The zero-order chi connectivity index (χ0) is 20.3. The number of hydrazine groups is 2. The number of ether oxygens (including phenoxy) is 1. The smallest absolute Gasteiger partial charge is 0.172 e. The molecular formula is C22H21N7O. The summed E-state index contributed by atoms with van der Waals surface area (Å²) >= 11 is 0. The molecule has 4 aromatic rings. The Hall–Kier alpha value is -4.04. The van der Waals surface area contributed by atoms with E-state index in [0.717, 1.165) is 28.9 Å². The Kier molecular flexibility index (Phi) is 4.66. The molecule has 0 bridgehead atoms. The zero-order valence-corrected chi connectivity index (χ0v) is 16.2. The molecule has 5 rings (SSSR count). The number of fused-ring (bicyclic) bond motifs is 1.